The van der Waals surface area contributed by atoms with Crippen LogP contribution in [0.15, 0.2) is 47.6 Å². The van der Waals surface area contributed by atoms with Crippen molar-refractivity contribution in [3.63, 3.8) is 0 Å². The van der Waals surface area contributed by atoms with Gasteiger partial charge in [-0.15, -0.1) is 5.10 Å². The molecular weight excluding hydrogens is 393 g/mol. The SMILES string of the molecule is O=S(=O)(Nc1ncn(Cc2ccc(F)cc2Cl)n1)c1cc(F)ccc1F. The molecule has 0 unspecified atom stereocenters. The number of hydrogen-bond donors (Lipinski definition) is 1. The lowest BCUT2D eigenvalue weighted by Gasteiger charge is -2.06. The summed E-state index contributed by atoms with van der Waals surface area (Å²) < 4.78 is 67.4. The molecule has 11 heteroatoms. The highest BCUT2D eigenvalue weighted by Gasteiger charge is 2.21. The Bertz CT molecular complexity index is 1070. The number of nitrogens with zero attached hydrogens (tertiary/aromatic N) is 3. The quantitative estimate of drug-likeness (QED) is 0.711. The summed E-state index contributed by atoms with van der Waals surface area (Å²) in [6.07, 6.45) is 1.21. The summed E-state index contributed by atoms with van der Waals surface area (Å²) in [4.78, 5) is 2.89. The van der Waals surface area contributed by atoms with Crippen LogP contribution in [0.3, 0.4) is 0 Å². The van der Waals surface area contributed by atoms with E-state index < -0.39 is 32.4 Å². The second kappa shape index (κ2) is 6.96. The van der Waals surface area contributed by atoms with E-state index in [1.165, 1.54) is 23.1 Å². The van der Waals surface area contributed by atoms with Crippen molar-refractivity contribution in [3.8, 4) is 0 Å². The molecule has 136 valence electrons. The lowest BCUT2D eigenvalue weighted by atomic mass is 10.2. The third kappa shape index (κ3) is 3.97. The van der Waals surface area contributed by atoms with E-state index in [1.54, 1.807) is 0 Å². The highest BCUT2D eigenvalue weighted by atomic mass is 35.5. The molecule has 1 heterocycles. The van der Waals surface area contributed by atoms with Crippen LogP contribution in [0.2, 0.25) is 5.02 Å². The molecule has 0 atom stereocenters. The Morgan fingerprint density at radius 1 is 1.08 bits per heavy atom. The van der Waals surface area contributed by atoms with Gasteiger partial charge in [-0.05, 0) is 35.9 Å². The maximum absolute atomic E-state index is 13.7. The predicted octanol–water partition coefficient (Wildman–Crippen LogP) is 3.20. The maximum Gasteiger partial charge on any atom is 0.267 e. The minimum Gasteiger partial charge on any atom is -0.246 e. The highest BCUT2D eigenvalue weighted by molar-refractivity contribution is 7.92. The van der Waals surface area contributed by atoms with E-state index >= 15 is 0 Å². The molecule has 1 N–H and O–H groups in total. The standard InChI is InChI=1S/C15H10ClF3N4O2S/c16-12-5-10(17)2-1-9(12)7-23-8-20-15(21-23)22-26(24,25)14-6-11(18)3-4-13(14)19/h1-6,8H,7H2,(H,21,22). The van der Waals surface area contributed by atoms with Gasteiger partial charge >= 0.3 is 0 Å². The van der Waals surface area contributed by atoms with Gasteiger partial charge < -0.3 is 0 Å². The third-order valence-electron chi connectivity index (χ3n) is 3.29. The maximum atomic E-state index is 13.7. The van der Waals surface area contributed by atoms with Gasteiger partial charge in [-0.2, -0.15) is 4.98 Å². The molecule has 0 spiro atoms. The third-order valence-corrected chi connectivity index (χ3v) is 4.99. The second-order valence-corrected chi connectivity index (χ2v) is 7.24. The molecule has 3 rings (SSSR count). The van der Waals surface area contributed by atoms with Crippen molar-refractivity contribution < 1.29 is 21.6 Å². The van der Waals surface area contributed by atoms with Crippen molar-refractivity contribution in [1.82, 2.24) is 14.8 Å². The van der Waals surface area contributed by atoms with Gasteiger partial charge in [0.15, 0.2) is 0 Å². The number of rotatable bonds is 5. The normalized spacial score (nSPS) is 11.5. The molecule has 3 aromatic rings. The summed E-state index contributed by atoms with van der Waals surface area (Å²) in [5.74, 6) is -2.86. The monoisotopic (exact) mass is 402 g/mol. The molecule has 0 saturated heterocycles. The molecule has 1 aromatic heterocycles. The van der Waals surface area contributed by atoms with Crippen LogP contribution in [0.4, 0.5) is 19.1 Å². The van der Waals surface area contributed by atoms with Crippen LogP contribution in [0.1, 0.15) is 5.56 Å². The number of aromatic nitrogens is 3. The second-order valence-electron chi connectivity index (χ2n) is 5.18. The minimum absolute atomic E-state index is 0.0994. The molecular formula is C15H10ClF3N4O2S. The zero-order valence-corrected chi connectivity index (χ0v) is 14.4. The van der Waals surface area contributed by atoms with Crippen LogP contribution in [0.25, 0.3) is 0 Å². The van der Waals surface area contributed by atoms with Crippen LogP contribution in [0.5, 0.6) is 0 Å². The van der Waals surface area contributed by atoms with Crippen molar-refractivity contribution >= 4 is 27.6 Å². The number of anilines is 1. The summed E-state index contributed by atoms with van der Waals surface area (Å²) in [5, 5.41) is 4.05. The molecule has 0 aliphatic carbocycles. The molecule has 0 aliphatic rings. The molecule has 0 aliphatic heterocycles. The Labute approximate surface area is 151 Å². The Morgan fingerprint density at radius 3 is 2.50 bits per heavy atom. The fourth-order valence-electron chi connectivity index (χ4n) is 2.10. The van der Waals surface area contributed by atoms with E-state index in [9.17, 15) is 21.6 Å². The van der Waals surface area contributed by atoms with Crippen LogP contribution in [0, 0.1) is 17.5 Å². The van der Waals surface area contributed by atoms with Gasteiger partial charge in [0.2, 0.25) is 0 Å². The van der Waals surface area contributed by atoms with Gasteiger partial charge in [0.1, 0.15) is 28.7 Å². The van der Waals surface area contributed by atoms with Gasteiger partial charge in [-0.1, -0.05) is 17.7 Å². The number of halogens is 4. The van der Waals surface area contributed by atoms with Crippen molar-refractivity contribution in [1.29, 1.82) is 0 Å². The van der Waals surface area contributed by atoms with Crippen LogP contribution in [-0.4, -0.2) is 23.2 Å². The van der Waals surface area contributed by atoms with E-state index in [-0.39, 0.29) is 17.5 Å². The van der Waals surface area contributed by atoms with Crippen molar-refractivity contribution in [3.05, 3.63) is 70.8 Å². The number of benzene rings is 2. The Hall–Kier alpha value is -2.59. The van der Waals surface area contributed by atoms with E-state index in [1.807, 2.05) is 4.72 Å². The molecule has 0 radical (unpaired) electrons. The van der Waals surface area contributed by atoms with Gasteiger partial charge in [0.25, 0.3) is 16.0 Å². The van der Waals surface area contributed by atoms with Gasteiger partial charge in [-0.25, -0.2) is 31.0 Å². The average molecular weight is 403 g/mol. The zero-order chi connectivity index (χ0) is 18.9. The lowest BCUT2D eigenvalue weighted by Crippen LogP contribution is -2.16. The first kappa shape index (κ1) is 18.2. The molecule has 0 bridgehead atoms. The summed E-state index contributed by atoms with van der Waals surface area (Å²) in [5.41, 5.74) is 0.531. The Morgan fingerprint density at radius 2 is 1.77 bits per heavy atom. The van der Waals surface area contributed by atoms with Gasteiger partial charge in [0, 0.05) is 5.02 Å². The Kier molecular flexibility index (Phi) is 4.88. The van der Waals surface area contributed by atoms with E-state index in [0.29, 0.717) is 17.7 Å². The lowest BCUT2D eigenvalue weighted by molar-refractivity contribution is 0.555. The zero-order valence-electron chi connectivity index (χ0n) is 12.8. The smallest absolute Gasteiger partial charge is 0.246 e. The van der Waals surface area contributed by atoms with Crippen LogP contribution < -0.4 is 4.72 Å². The first-order valence-electron chi connectivity index (χ1n) is 7.06. The first-order chi connectivity index (χ1) is 12.2. The molecule has 0 amide bonds. The summed E-state index contributed by atoms with van der Waals surface area (Å²) in [7, 11) is -4.42. The van der Waals surface area contributed by atoms with Crippen LogP contribution in [-0.2, 0) is 16.6 Å². The fourth-order valence-corrected chi connectivity index (χ4v) is 3.36. The molecule has 26 heavy (non-hydrogen) atoms. The fraction of sp³-hybridized carbons (Fsp3) is 0.0667. The number of nitrogens with one attached hydrogen (secondary N) is 1. The minimum atomic E-state index is -4.42. The Balaban J connectivity index is 1.80. The number of hydrogen-bond acceptors (Lipinski definition) is 4. The molecule has 0 saturated carbocycles. The first-order valence-corrected chi connectivity index (χ1v) is 8.92. The summed E-state index contributed by atoms with van der Waals surface area (Å²) >= 11 is 5.91. The van der Waals surface area contributed by atoms with E-state index in [2.05, 4.69) is 10.1 Å². The molecule has 2 aromatic carbocycles. The highest BCUT2D eigenvalue weighted by Crippen LogP contribution is 2.20. The topological polar surface area (TPSA) is 76.9 Å². The van der Waals surface area contributed by atoms with Crippen molar-refractivity contribution in [2.75, 3.05) is 4.72 Å². The van der Waals surface area contributed by atoms with Crippen molar-refractivity contribution in [2.24, 2.45) is 0 Å². The average Bonchev–Trinajstić information content (AvgIpc) is 2.98. The largest absolute Gasteiger partial charge is 0.267 e. The van der Waals surface area contributed by atoms with E-state index in [4.69, 9.17) is 11.6 Å². The number of sulfonamides is 1. The molecule has 6 nitrogen and oxygen atoms in total. The van der Waals surface area contributed by atoms with Crippen LogP contribution >= 0.6 is 11.6 Å². The van der Waals surface area contributed by atoms with Crippen molar-refractivity contribution in [2.45, 2.75) is 11.4 Å². The van der Waals surface area contributed by atoms with Gasteiger partial charge in [-0.3, -0.25) is 0 Å². The van der Waals surface area contributed by atoms with E-state index in [0.717, 1.165) is 12.1 Å². The predicted molar refractivity (Wildman–Crippen MR) is 87.7 cm³/mol. The summed E-state index contributed by atoms with van der Waals surface area (Å²) in [6, 6.07) is 5.84. The van der Waals surface area contributed by atoms with Gasteiger partial charge in [0.05, 0.1) is 6.54 Å². The summed E-state index contributed by atoms with van der Waals surface area (Å²) in [6.45, 7) is 0.0994. The molecule has 0 fully saturated rings.